The van der Waals surface area contributed by atoms with E-state index in [-0.39, 0.29) is 31.2 Å². The molecule has 9 aromatic rings. The van der Waals surface area contributed by atoms with Crippen molar-refractivity contribution >= 4 is 32.7 Å². The van der Waals surface area contributed by atoms with Crippen LogP contribution in [0.5, 0.6) is 0 Å². The van der Waals surface area contributed by atoms with E-state index in [4.69, 9.17) is 17.6 Å². The molecule has 0 saturated heterocycles. The van der Waals surface area contributed by atoms with Crippen LogP contribution in [0.2, 0.25) is 0 Å². The maximum Gasteiger partial charge on any atom is 0.128 e. The van der Waals surface area contributed by atoms with Gasteiger partial charge in [-0.2, -0.15) is 0 Å². The van der Waals surface area contributed by atoms with Crippen molar-refractivity contribution in [1.29, 1.82) is 0 Å². The zero-order valence-corrected chi connectivity index (χ0v) is 29.8. The minimum Gasteiger partial charge on any atom is -0.500 e. The molecule has 0 N–H and O–H groups in total. The molecule has 0 aliphatic heterocycles. The molecule has 0 bridgehead atoms. The van der Waals surface area contributed by atoms with Gasteiger partial charge in [-0.1, -0.05) is 84.5 Å². The molecule has 5 heteroatoms. The molecule has 0 atom stereocenters. The fourth-order valence-corrected chi connectivity index (χ4v) is 6.24. The molecule has 0 spiro atoms. The third-order valence-electron chi connectivity index (χ3n) is 8.63. The Morgan fingerprint density at radius 2 is 1.49 bits per heavy atom. The number of pyridine rings is 3. The van der Waals surface area contributed by atoms with Crippen LogP contribution in [0.1, 0.15) is 24.9 Å². The summed E-state index contributed by atoms with van der Waals surface area (Å²) in [4.78, 5) is 13.2. The van der Waals surface area contributed by atoms with Gasteiger partial charge in [0.25, 0.3) is 0 Å². The number of rotatable bonds is 4. The largest absolute Gasteiger partial charge is 0.500 e. The van der Waals surface area contributed by atoms with E-state index in [1.807, 2.05) is 55.0 Å². The Morgan fingerprint density at radius 1 is 0.608 bits per heavy atom. The van der Waals surface area contributed by atoms with Crippen LogP contribution in [0.3, 0.4) is 0 Å². The van der Waals surface area contributed by atoms with Gasteiger partial charge >= 0.3 is 0 Å². The molecule has 0 aliphatic carbocycles. The van der Waals surface area contributed by atoms with Gasteiger partial charge in [-0.05, 0) is 82.6 Å². The van der Waals surface area contributed by atoms with Crippen LogP contribution in [0.15, 0.2) is 151 Å². The topological polar surface area (TPSA) is 51.8 Å². The Hall–Kier alpha value is -5.74. The van der Waals surface area contributed by atoms with Crippen molar-refractivity contribution < 1.29 is 32.7 Å². The molecule has 4 aromatic heterocycles. The van der Waals surface area contributed by atoms with E-state index in [0.717, 1.165) is 66.2 Å². The first-order chi connectivity index (χ1) is 26.9. The fraction of sp³-hybridized carbons (Fsp3) is 0.0652. The van der Waals surface area contributed by atoms with Crippen LogP contribution in [-0.4, -0.2) is 15.0 Å². The van der Waals surface area contributed by atoms with Crippen molar-refractivity contribution in [3.63, 3.8) is 0 Å². The van der Waals surface area contributed by atoms with Crippen LogP contribution in [0.25, 0.3) is 77.5 Å². The van der Waals surface area contributed by atoms with Gasteiger partial charge in [0.1, 0.15) is 5.58 Å². The van der Waals surface area contributed by atoms with Crippen LogP contribution < -0.4 is 0 Å². The summed E-state index contributed by atoms with van der Waals surface area (Å²) in [6, 6.07) is 45.2. The maximum atomic E-state index is 7.28. The van der Waals surface area contributed by atoms with Crippen LogP contribution in [0, 0.1) is 32.8 Å². The number of nitrogens with zero attached hydrogens (tertiary/aromatic N) is 3. The second kappa shape index (κ2) is 14.6. The molecular weight excluding hydrogens is 803 g/mol. The van der Waals surface area contributed by atoms with Gasteiger partial charge in [-0.3, -0.25) is 4.98 Å². The Labute approximate surface area is 319 Å². The van der Waals surface area contributed by atoms with Gasteiger partial charge in [0.05, 0.1) is 5.58 Å². The molecule has 249 valence electrons. The molecule has 0 amide bonds. The predicted octanol–water partition coefficient (Wildman–Crippen LogP) is 11.8. The predicted molar refractivity (Wildman–Crippen MR) is 205 cm³/mol. The number of aryl methyl sites for hydroxylation is 3. The normalized spacial score (nSPS) is 13.1. The van der Waals surface area contributed by atoms with E-state index in [9.17, 15) is 0 Å². The fourth-order valence-electron chi connectivity index (χ4n) is 6.24. The second-order valence-corrected chi connectivity index (χ2v) is 12.0. The Kier molecular flexibility index (Phi) is 7.75. The standard InChI is InChI=1S/C33H21N2O.C13H12N.Ir/c1-21-17-28(25-10-5-9-23-13-15-34-20-30(23)25)33-29(18-21)26-11-6-12-27(32(26)36-33)31-19-24(14-16-35-31)22-7-3-2-4-8-22;1-10-3-6-12(7-4-10)13-8-5-11(2)9-14-13;/h2-11,13-20H,1H3;3-6,8-9H,1-2H3;/q2*-1;/i;1D3,2D3;. The van der Waals surface area contributed by atoms with Gasteiger partial charge in [-0.25, -0.2) is 0 Å². The van der Waals surface area contributed by atoms with E-state index in [0.29, 0.717) is 11.3 Å². The summed E-state index contributed by atoms with van der Waals surface area (Å²) >= 11 is 0. The van der Waals surface area contributed by atoms with Crippen molar-refractivity contribution in [2.24, 2.45) is 0 Å². The minimum absolute atomic E-state index is 0. The van der Waals surface area contributed by atoms with E-state index in [1.54, 1.807) is 12.1 Å². The molecular formula is C46H33IrN3O-2. The number of hydrogen-bond donors (Lipinski definition) is 0. The number of hydrogen-bond acceptors (Lipinski definition) is 4. The Morgan fingerprint density at radius 3 is 2.29 bits per heavy atom. The SMILES string of the molecule is Cc1cc(-c2cccc3ccncc23)c2oc3c(-c4cc(-c5ccccc5)ccn4)[c-]ccc3c2c1.[2H]C([2H])([2H])c1c[c-]c(-c2ccc(C([2H])([2H])[2H])cn2)cc1.[Ir]. The quantitative estimate of drug-likeness (QED) is 0.166. The summed E-state index contributed by atoms with van der Waals surface area (Å²) in [6.07, 6.45) is 6.91. The first-order valence-corrected chi connectivity index (χ1v) is 16.2. The molecule has 4 heterocycles. The molecule has 0 fully saturated rings. The third kappa shape index (κ3) is 6.87. The minimum atomic E-state index is -2.18. The average Bonchev–Trinajstić information content (AvgIpc) is 3.59. The van der Waals surface area contributed by atoms with Crippen molar-refractivity contribution in [2.45, 2.75) is 20.6 Å². The van der Waals surface area contributed by atoms with Gasteiger partial charge < -0.3 is 14.4 Å². The second-order valence-electron chi connectivity index (χ2n) is 12.0. The Bertz CT molecular complexity index is 2780. The van der Waals surface area contributed by atoms with Gasteiger partial charge in [0.2, 0.25) is 0 Å². The van der Waals surface area contributed by atoms with E-state index < -0.39 is 13.7 Å². The molecule has 1 radical (unpaired) electrons. The molecule has 0 unspecified atom stereocenters. The number of fused-ring (bicyclic) bond motifs is 4. The van der Waals surface area contributed by atoms with Crippen molar-refractivity contribution in [3.8, 4) is 44.8 Å². The summed E-state index contributed by atoms with van der Waals surface area (Å²) in [7, 11) is 0. The summed E-state index contributed by atoms with van der Waals surface area (Å²) in [5.41, 5.74) is 10.5. The molecule has 0 saturated carbocycles. The zero-order valence-electron chi connectivity index (χ0n) is 33.4. The number of furan rings is 1. The van der Waals surface area contributed by atoms with Gasteiger partial charge in [0.15, 0.2) is 0 Å². The first kappa shape index (κ1) is 27.0. The maximum absolute atomic E-state index is 7.28. The van der Waals surface area contributed by atoms with Crippen molar-refractivity contribution in [1.82, 2.24) is 15.0 Å². The van der Waals surface area contributed by atoms with Gasteiger partial charge in [-0.15, -0.1) is 53.6 Å². The molecule has 4 nitrogen and oxygen atoms in total. The Balaban J connectivity index is 0.000000202. The van der Waals surface area contributed by atoms with Crippen molar-refractivity contribution in [3.05, 3.63) is 175 Å². The van der Waals surface area contributed by atoms with E-state index in [1.165, 1.54) is 30.0 Å². The summed E-state index contributed by atoms with van der Waals surface area (Å²) in [5.74, 6) is 0. The number of benzene rings is 5. The molecule has 0 aliphatic rings. The van der Waals surface area contributed by atoms with Crippen LogP contribution >= 0.6 is 0 Å². The number of aromatic nitrogens is 3. The smallest absolute Gasteiger partial charge is 0.128 e. The van der Waals surface area contributed by atoms with E-state index >= 15 is 0 Å². The van der Waals surface area contributed by atoms with Crippen LogP contribution in [-0.2, 0) is 20.1 Å². The monoisotopic (exact) mass is 842 g/mol. The third-order valence-corrected chi connectivity index (χ3v) is 8.63. The molecule has 51 heavy (non-hydrogen) atoms. The summed E-state index contributed by atoms with van der Waals surface area (Å²) < 4.78 is 50.3. The first-order valence-electron chi connectivity index (χ1n) is 19.2. The van der Waals surface area contributed by atoms with Gasteiger partial charge in [0, 0.05) is 69.5 Å². The average molecular weight is 842 g/mol. The van der Waals surface area contributed by atoms with E-state index in [2.05, 4.69) is 83.6 Å². The summed E-state index contributed by atoms with van der Waals surface area (Å²) in [6.45, 7) is -2.21. The van der Waals surface area contributed by atoms with Crippen molar-refractivity contribution in [2.75, 3.05) is 0 Å². The zero-order chi connectivity index (χ0) is 39.0. The molecule has 9 rings (SSSR count). The molecule has 5 aromatic carbocycles. The van der Waals surface area contributed by atoms with Crippen LogP contribution in [0.4, 0.5) is 0 Å². The summed E-state index contributed by atoms with van der Waals surface area (Å²) in [5, 5.41) is 4.42.